The molecule has 0 saturated carbocycles. The lowest BCUT2D eigenvalue weighted by molar-refractivity contribution is -0.117. The fourth-order valence-corrected chi connectivity index (χ4v) is 9.18. The fourth-order valence-electron chi connectivity index (χ4n) is 9.18. The van der Waals surface area contributed by atoms with Crippen molar-refractivity contribution >= 4 is 46.1 Å². The largest absolute Gasteiger partial charge is 0.323 e. The minimum absolute atomic E-state index is 0.0201. The summed E-state index contributed by atoms with van der Waals surface area (Å²) in [5, 5.41) is 2.75. The van der Waals surface area contributed by atoms with Gasteiger partial charge in [0, 0.05) is 97.1 Å². The molecule has 4 unspecified atom stereocenters. The number of benzene rings is 4. The lowest BCUT2D eigenvalue weighted by Crippen LogP contribution is -2.28. The molecular formula is C64H80ClN7O5. The van der Waals surface area contributed by atoms with E-state index < -0.39 is 0 Å². The maximum atomic E-state index is 12.1. The van der Waals surface area contributed by atoms with Crippen molar-refractivity contribution in [2.45, 2.75) is 104 Å². The summed E-state index contributed by atoms with van der Waals surface area (Å²) < 4.78 is 0. The van der Waals surface area contributed by atoms with Gasteiger partial charge in [0.1, 0.15) is 11.6 Å². The molecule has 2 heterocycles. The zero-order valence-electron chi connectivity index (χ0n) is 47.2. The summed E-state index contributed by atoms with van der Waals surface area (Å²) >= 11 is 4.99. The number of allylic oxidation sites excluding steroid dienone is 1. The number of carbonyl (C=O) groups is 5. The summed E-state index contributed by atoms with van der Waals surface area (Å²) in [7, 11) is 12.2. The Bertz CT molecular complexity index is 2870. The third kappa shape index (κ3) is 20.3. The normalized spacial score (nSPS) is 15.8. The number of fused-ring (bicyclic) bond motifs is 4. The molecule has 4 atom stereocenters. The predicted octanol–water partition coefficient (Wildman–Crippen LogP) is 11.0. The third-order valence-electron chi connectivity index (χ3n) is 13.7. The number of Topliss-reactive ketones (excluding diaryl/α,β-unsaturated/α-hetero) is 5. The summed E-state index contributed by atoms with van der Waals surface area (Å²) in [6, 6.07) is 33.2. The number of aryl methyl sites for hydroxylation is 2. The second-order valence-electron chi connectivity index (χ2n) is 20.4. The Hall–Kier alpha value is -6.70. The molecule has 4 aliphatic carbocycles. The first kappa shape index (κ1) is 62.8. The van der Waals surface area contributed by atoms with Crippen molar-refractivity contribution in [3.8, 4) is 0 Å². The Labute approximate surface area is 463 Å². The van der Waals surface area contributed by atoms with Gasteiger partial charge in [0.05, 0.1) is 17.3 Å². The highest BCUT2D eigenvalue weighted by Gasteiger charge is 2.32. The van der Waals surface area contributed by atoms with E-state index in [1.54, 1.807) is 36.6 Å². The number of alkyl halides is 1. The standard InChI is InChI=1S/C19H23N3.C14H19NO.C12H12O2.C9H8O.C5H6N2.C3H5ClO.C2H7N/c1-14(22(2)3)10-16-11-15-6-4-5-7-18(15)19(16)12-17-13-20-8-9-21-17;1-10(15(2)3)8-12-9-11-6-4-5-7-13(11)14(12)16;1-8(13)6-10-7-9-4-2-3-5-11(9)12(10)14;10-9-6-5-7-3-1-2-4-8(7)9;1-5-4-6-2-3-7-5;1-3(5)2-4;1-3-2/h4-9,13-14H,10-12H2,1-3H3;4-7,10,12H,8-9H2,1-3H3;2-5,10H,6-7H2,1H3;1-4H,5-6H2;2-4H,1H3;2H2,1H3;3H,1-2H3. The predicted molar refractivity (Wildman–Crippen MR) is 312 cm³/mol. The Morgan fingerprint density at radius 2 is 1.10 bits per heavy atom. The van der Waals surface area contributed by atoms with Crippen molar-refractivity contribution in [1.82, 2.24) is 35.1 Å². The molecule has 408 valence electrons. The van der Waals surface area contributed by atoms with Crippen LogP contribution in [0.5, 0.6) is 0 Å². The molecule has 10 rings (SSSR count). The number of rotatable bonds is 11. The first-order chi connectivity index (χ1) is 36.9. The summed E-state index contributed by atoms with van der Waals surface area (Å²) in [6.07, 6.45) is 18.1. The highest BCUT2D eigenvalue weighted by atomic mass is 35.5. The van der Waals surface area contributed by atoms with Crippen LogP contribution in [0, 0.1) is 18.8 Å². The van der Waals surface area contributed by atoms with E-state index in [1.165, 1.54) is 41.7 Å². The Morgan fingerprint density at radius 3 is 1.56 bits per heavy atom. The topological polar surface area (TPSA) is 155 Å². The number of nitrogens with zero attached hydrogens (tertiary/aromatic N) is 6. The lowest BCUT2D eigenvalue weighted by atomic mass is 9.96. The van der Waals surface area contributed by atoms with Gasteiger partial charge in [-0.05, 0) is 149 Å². The molecule has 0 bridgehead atoms. The van der Waals surface area contributed by atoms with Gasteiger partial charge in [-0.15, -0.1) is 11.6 Å². The number of carbonyl (C=O) groups excluding carboxylic acids is 5. The molecule has 4 aliphatic rings. The number of ketones is 5. The molecule has 0 radical (unpaired) electrons. The van der Waals surface area contributed by atoms with E-state index in [9.17, 15) is 24.0 Å². The number of nitrogens with one attached hydrogen (secondary N) is 1. The SMILES string of the molecule is CC(=O)CC1Cc2ccccc2C1=O.CC(=O)CCl.CC(CC1=C(Cc2cnccn2)c2ccccc2C1)N(C)C.CC(CC1Cc2ccccc2C1=O)N(C)C.CNC.Cc1cnccn1.O=C1CCc2ccccc21. The molecule has 0 fully saturated rings. The van der Waals surface area contributed by atoms with Crippen LogP contribution in [0.4, 0.5) is 0 Å². The summed E-state index contributed by atoms with van der Waals surface area (Å²) in [4.78, 5) is 76.5. The van der Waals surface area contributed by atoms with Crippen LogP contribution in [0.25, 0.3) is 5.57 Å². The number of hydrogen-bond acceptors (Lipinski definition) is 12. The van der Waals surface area contributed by atoms with Crippen LogP contribution in [0.15, 0.2) is 140 Å². The number of halogens is 1. The summed E-state index contributed by atoms with van der Waals surface area (Å²) in [5.41, 5.74) is 14.1. The van der Waals surface area contributed by atoms with Crippen LogP contribution in [0.3, 0.4) is 0 Å². The average Bonchev–Trinajstić information content (AvgIpc) is 4.17. The van der Waals surface area contributed by atoms with Gasteiger partial charge in [0.15, 0.2) is 17.3 Å². The molecule has 77 heavy (non-hydrogen) atoms. The van der Waals surface area contributed by atoms with Gasteiger partial charge < -0.3 is 19.9 Å². The second-order valence-corrected chi connectivity index (χ2v) is 20.6. The smallest absolute Gasteiger partial charge is 0.166 e. The van der Waals surface area contributed by atoms with Gasteiger partial charge in [-0.25, -0.2) is 0 Å². The van der Waals surface area contributed by atoms with Crippen LogP contribution in [0.1, 0.15) is 124 Å². The molecule has 6 aromatic rings. The van der Waals surface area contributed by atoms with Gasteiger partial charge in [-0.1, -0.05) is 103 Å². The Balaban J connectivity index is 0.000000208. The highest BCUT2D eigenvalue weighted by Crippen LogP contribution is 2.37. The molecular weight excluding hydrogens is 982 g/mol. The van der Waals surface area contributed by atoms with Crippen molar-refractivity contribution in [3.05, 3.63) is 196 Å². The molecule has 2 aromatic heterocycles. The first-order valence-electron chi connectivity index (χ1n) is 26.5. The molecule has 0 aliphatic heterocycles. The molecule has 13 heteroatoms. The van der Waals surface area contributed by atoms with Crippen LogP contribution >= 0.6 is 11.6 Å². The quantitative estimate of drug-likeness (QED) is 0.123. The van der Waals surface area contributed by atoms with E-state index in [2.05, 4.69) is 107 Å². The van der Waals surface area contributed by atoms with Gasteiger partial charge in [0.25, 0.3) is 0 Å². The zero-order valence-corrected chi connectivity index (χ0v) is 47.9. The highest BCUT2D eigenvalue weighted by molar-refractivity contribution is 6.27. The molecule has 4 aromatic carbocycles. The average molecular weight is 1060 g/mol. The molecule has 0 amide bonds. The summed E-state index contributed by atoms with van der Waals surface area (Å²) in [5.74, 6) is 1.11. The van der Waals surface area contributed by atoms with Crippen LogP contribution in [-0.4, -0.2) is 119 Å². The van der Waals surface area contributed by atoms with Gasteiger partial charge in [-0.3, -0.25) is 39.1 Å². The monoisotopic (exact) mass is 1060 g/mol. The van der Waals surface area contributed by atoms with Gasteiger partial charge in [0.2, 0.25) is 0 Å². The van der Waals surface area contributed by atoms with E-state index in [-0.39, 0.29) is 35.1 Å². The van der Waals surface area contributed by atoms with Crippen molar-refractivity contribution < 1.29 is 24.0 Å². The van der Waals surface area contributed by atoms with Crippen molar-refractivity contribution in [2.24, 2.45) is 11.8 Å². The van der Waals surface area contributed by atoms with E-state index in [1.807, 2.05) is 93.9 Å². The van der Waals surface area contributed by atoms with Crippen molar-refractivity contribution in [1.29, 1.82) is 0 Å². The number of hydrogen-bond donors (Lipinski definition) is 1. The maximum Gasteiger partial charge on any atom is 0.166 e. The first-order valence-corrected chi connectivity index (χ1v) is 27.0. The minimum Gasteiger partial charge on any atom is -0.323 e. The van der Waals surface area contributed by atoms with Crippen molar-refractivity contribution in [3.63, 3.8) is 0 Å². The minimum atomic E-state index is -0.107. The van der Waals surface area contributed by atoms with Crippen LogP contribution in [-0.2, 0) is 41.7 Å². The Kier molecular flexibility index (Phi) is 26.8. The molecule has 12 nitrogen and oxygen atoms in total. The maximum absolute atomic E-state index is 12.1. The summed E-state index contributed by atoms with van der Waals surface area (Å²) in [6.45, 7) is 9.36. The van der Waals surface area contributed by atoms with E-state index in [0.717, 1.165) is 78.6 Å². The van der Waals surface area contributed by atoms with Crippen molar-refractivity contribution in [2.75, 3.05) is 48.2 Å². The zero-order chi connectivity index (χ0) is 56.4. The molecule has 0 spiro atoms. The second kappa shape index (κ2) is 32.8. The number of aromatic nitrogens is 4. The lowest BCUT2D eigenvalue weighted by Gasteiger charge is -2.22. The van der Waals surface area contributed by atoms with Gasteiger partial charge >= 0.3 is 0 Å². The Morgan fingerprint density at radius 1 is 0.623 bits per heavy atom. The molecule has 0 saturated heterocycles. The molecule has 1 N–H and O–H groups in total. The van der Waals surface area contributed by atoms with E-state index in [4.69, 9.17) is 11.6 Å². The van der Waals surface area contributed by atoms with Crippen LogP contribution in [0.2, 0.25) is 0 Å². The van der Waals surface area contributed by atoms with Crippen LogP contribution < -0.4 is 5.32 Å². The van der Waals surface area contributed by atoms with Gasteiger partial charge in [-0.2, -0.15) is 0 Å². The van der Waals surface area contributed by atoms with E-state index in [0.29, 0.717) is 36.5 Å². The fraction of sp³-hybridized carbons (Fsp3) is 0.391. The third-order valence-corrected chi connectivity index (χ3v) is 14.0. The van der Waals surface area contributed by atoms with E-state index >= 15 is 0 Å².